The third-order valence-electron chi connectivity index (χ3n) is 8.14. The first-order valence-electron chi connectivity index (χ1n) is 15.5. The summed E-state index contributed by atoms with van der Waals surface area (Å²) in [7, 11) is 0. The van der Waals surface area contributed by atoms with Crippen LogP contribution in [0, 0.1) is 0 Å². The minimum atomic E-state index is 0.497. The average Bonchev–Trinajstić information content (AvgIpc) is 3.08. The molecule has 5 aromatic rings. The normalized spacial score (nSPS) is 15.1. The number of pyridine rings is 1. The van der Waals surface area contributed by atoms with Gasteiger partial charge in [-0.05, 0) is 86.0 Å². The summed E-state index contributed by atoms with van der Waals surface area (Å²) in [5.74, 6) is 1.70. The summed E-state index contributed by atoms with van der Waals surface area (Å²) >= 11 is 6.17. The molecule has 0 saturated carbocycles. The van der Waals surface area contributed by atoms with Crippen molar-refractivity contribution in [3.63, 3.8) is 0 Å². The van der Waals surface area contributed by atoms with E-state index in [2.05, 4.69) is 55.0 Å². The molecular formula is C34H36ClN9O. The smallest absolute Gasteiger partial charge is 0.236 e. The molecule has 0 bridgehead atoms. The molecule has 11 heteroatoms. The highest BCUT2D eigenvalue weighted by atomic mass is 35.5. The Morgan fingerprint density at radius 2 is 1.62 bits per heavy atom. The van der Waals surface area contributed by atoms with Crippen LogP contribution in [0.1, 0.15) is 18.4 Å². The van der Waals surface area contributed by atoms with Crippen LogP contribution < -0.4 is 20.9 Å². The maximum Gasteiger partial charge on any atom is 0.236 e. The Hall–Kier alpha value is -4.51. The molecule has 3 aromatic carbocycles. The van der Waals surface area contributed by atoms with Gasteiger partial charge < -0.3 is 25.6 Å². The summed E-state index contributed by atoms with van der Waals surface area (Å²) < 4.78 is 5.48. The zero-order valence-electron chi connectivity index (χ0n) is 25.0. The van der Waals surface area contributed by atoms with Gasteiger partial charge in [-0.3, -0.25) is 9.88 Å². The summed E-state index contributed by atoms with van der Waals surface area (Å²) in [4.78, 5) is 23.6. The molecule has 2 aliphatic heterocycles. The molecule has 1 fully saturated rings. The number of fused-ring (bicyclic) bond motifs is 2. The van der Waals surface area contributed by atoms with E-state index in [1.54, 1.807) is 6.20 Å². The molecule has 7 rings (SSSR count). The Bertz CT molecular complexity index is 1760. The second kappa shape index (κ2) is 13.6. The van der Waals surface area contributed by atoms with E-state index in [0.717, 1.165) is 98.9 Å². The van der Waals surface area contributed by atoms with E-state index in [9.17, 15) is 0 Å². The summed E-state index contributed by atoms with van der Waals surface area (Å²) in [6.45, 7) is 6.23. The van der Waals surface area contributed by atoms with Gasteiger partial charge in [-0.2, -0.15) is 15.0 Å². The van der Waals surface area contributed by atoms with Gasteiger partial charge in [0.1, 0.15) is 0 Å². The van der Waals surface area contributed by atoms with Gasteiger partial charge in [0.05, 0.1) is 18.7 Å². The van der Waals surface area contributed by atoms with Crippen LogP contribution in [0.3, 0.4) is 0 Å². The number of ether oxygens (including phenoxy) is 1. The lowest BCUT2D eigenvalue weighted by Crippen LogP contribution is -2.37. The van der Waals surface area contributed by atoms with Crippen molar-refractivity contribution in [1.82, 2.24) is 24.8 Å². The van der Waals surface area contributed by atoms with Crippen LogP contribution in [0.2, 0.25) is 5.02 Å². The third kappa shape index (κ3) is 7.09. The van der Waals surface area contributed by atoms with Gasteiger partial charge >= 0.3 is 0 Å². The largest absolute Gasteiger partial charge is 0.379 e. The highest BCUT2D eigenvalue weighted by Crippen LogP contribution is 2.33. The number of anilines is 7. The monoisotopic (exact) mass is 621 g/mol. The predicted molar refractivity (Wildman–Crippen MR) is 182 cm³/mol. The van der Waals surface area contributed by atoms with E-state index < -0.39 is 0 Å². The SMILES string of the molecule is Clc1ccc2c(Nc3ccc(Nc4nc(NCCCN5CCOCC5)nc(N5CCCc6ccccc65)n4)cc3)ccnc2c1. The van der Waals surface area contributed by atoms with Gasteiger partial charge in [0.2, 0.25) is 17.8 Å². The Labute approximate surface area is 267 Å². The fourth-order valence-electron chi connectivity index (χ4n) is 5.84. The van der Waals surface area contributed by atoms with Gasteiger partial charge in [0.25, 0.3) is 0 Å². The van der Waals surface area contributed by atoms with E-state index in [1.165, 1.54) is 5.56 Å². The summed E-state index contributed by atoms with van der Waals surface area (Å²) in [6, 6.07) is 24.3. The van der Waals surface area contributed by atoms with Gasteiger partial charge in [-0.25, -0.2) is 0 Å². The molecule has 0 amide bonds. The molecule has 0 radical (unpaired) electrons. The number of benzene rings is 3. The minimum Gasteiger partial charge on any atom is -0.379 e. The molecule has 4 heterocycles. The summed E-state index contributed by atoms with van der Waals surface area (Å²) in [6.07, 6.45) is 4.87. The molecular weight excluding hydrogens is 586 g/mol. The number of aryl methyl sites for hydroxylation is 1. The average molecular weight is 622 g/mol. The molecule has 2 aromatic heterocycles. The maximum absolute atomic E-state index is 6.17. The number of hydrogen-bond acceptors (Lipinski definition) is 10. The first kappa shape index (κ1) is 29.2. The fourth-order valence-corrected chi connectivity index (χ4v) is 6.01. The molecule has 1 saturated heterocycles. The minimum absolute atomic E-state index is 0.497. The topological polar surface area (TPSA) is 103 Å². The van der Waals surface area contributed by atoms with Crippen molar-refractivity contribution in [2.45, 2.75) is 19.3 Å². The maximum atomic E-state index is 6.17. The molecule has 0 atom stereocenters. The Morgan fingerprint density at radius 3 is 2.49 bits per heavy atom. The van der Waals surface area contributed by atoms with E-state index in [4.69, 9.17) is 31.3 Å². The predicted octanol–water partition coefficient (Wildman–Crippen LogP) is 6.78. The van der Waals surface area contributed by atoms with Crippen LogP contribution >= 0.6 is 11.6 Å². The van der Waals surface area contributed by atoms with Gasteiger partial charge in [0.15, 0.2) is 0 Å². The molecule has 0 unspecified atom stereocenters. The van der Waals surface area contributed by atoms with Crippen molar-refractivity contribution >= 4 is 63.1 Å². The second-order valence-electron chi connectivity index (χ2n) is 11.2. The zero-order valence-corrected chi connectivity index (χ0v) is 25.8. The quantitative estimate of drug-likeness (QED) is 0.145. The van der Waals surface area contributed by atoms with Gasteiger partial charge in [-0.1, -0.05) is 29.8 Å². The third-order valence-corrected chi connectivity index (χ3v) is 8.37. The molecule has 230 valence electrons. The first-order valence-corrected chi connectivity index (χ1v) is 15.9. The molecule has 0 spiro atoms. The van der Waals surface area contributed by atoms with Crippen molar-refractivity contribution < 1.29 is 4.74 Å². The van der Waals surface area contributed by atoms with E-state index in [1.807, 2.05) is 48.5 Å². The van der Waals surface area contributed by atoms with Crippen LogP contribution in [-0.4, -0.2) is 70.8 Å². The highest BCUT2D eigenvalue weighted by Gasteiger charge is 2.22. The van der Waals surface area contributed by atoms with Crippen molar-refractivity contribution in [1.29, 1.82) is 0 Å². The van der Waals surface area contributed by atoms with Crippen LogP contribution in [0.5, 0.6) is 0 Å². The van der Waals surface area contributed by atoms with Crippen molar-refractivity contribution in [3.05, 3.63) is 89.6 Å². The van der Waals surface area contributed by atoms with Gasteiger partial charge in [0, 0.05) is 65.5 Å². The molecule has 10 nitrogen and oxygen atoms in total. The van der Waals surface area contributed by atoms with Crippen molar-refractivity contribution in [2.24, 2.45) is 0 Å². The number of halogens is 1. The Balaban J connectivity index is 1.09. The van der Waals surface area contributed by atoms with E-state index in [0.29, 0.717) is 22.9 Å². The van der Waals surface area contributed by atoms with Crippen molar-refractivity contribution in [3.8, 4) is 0 Å². The zero-order chi connectivity index (χ0) is 30.4. The number of nitrogens with zero attached hydrogens (tertiary/aromatic N) is 6. The standard InChI is InChI=1S/C34H36ClN9O/c35-25-8-13-28-29(14-16-36-30(28)23-25)38-26-9-11-27(12-10-26)39-33-40-32(37-15-4-17-43-19-21-45-22-20-43)41-34(42-33)44-18-3-6-24-5-1-2-7-31(24)44/h1-2,5,7-14,16,23H,3-4,6,15,17-22H2,(H,36,38)(H2,37,39,40,41,42). The van der Waals surface area contributed by atoms with Crippen LogP contribution in [0.15, 0.2) is 79.0 Å². The lowest BCUT2D eigenvalue weighted by Gasteiger charge is -2.29. The number of morpholine rings is 1. The molecule has 45 heavy (non-hydrogen) atoms. The number of aromatic nitrogens is 4. The van der Waals surface area contributed by atoms with Crippen LogP contribution in [0.4, 0.5) is 40.6 Å². The van der Waals surface area contributed by atoms with Crippen LogP contribution in [0.25, 0.3) is 10.9 Å². The van der Waals surface area contributed by atoms with Crippen LogP contribution in [-0.2, 0) is 11.2 Å². The Morgan fingerprint density at radius 1 is 0.822 bits per heavy atom. The molecule has 3 N–H and O–H groups in total. The van der Waals surface area contributed by atoms with Gasteiger partial charge in [-0.15, -0.1) is 0 Å². The van der Waals surface area contributed by atoms with E-state index in [-0.39, 0.29) is 0 Å². The first-order chi connectivity index (χ1) is 22.2. The number of rotatable bonds is 10. The molecule has 2 aliphatic rings. The highest BCUT2D eigenvalue weighted by molar-refractivity contribution is 6.31. The number of para-hydroxylation sites is 1. The lowest BCUT2D eigenvalue weighted by atomic mass is 10.0. The van der Waals surface area contributed by atoms with E-state index >= 15 is 0 Å². The Kier molecular flexibility index (Phi) is 8.86. The fraction of sp³-hybridized carbons (Fsp3) is 0.294. The van der Waals surface area contributed by atoms with Crippen molar-refractivity contribution in [2.75, 3.05) is 66.8 Å². The summed E-state index contributed by atoms with van der Waals surface area (Å²) in [5, 5.41) is 12.0. The number of hydrogen-bond donors (Lipinski definition) is 3. The summed E-state index contributed by atoms with van der Waals surface area (Å²) in [5.41, 5.74) is 6.10. The lowest BCUT2D eigenvalue weighted by molar-refractivity contribution is 0.0378. The second-order valence-corrected chi connectivity index (χ2v) is 11.7. The molecule has 0 aliphatic carbocycles. The number of nitrogens with one attached hydrogen (secondary N) is 3.